The van der Waals surface area contributed by atoms with Crippen molar-refractivity contribution in [2.45, 2.75) is 53.2 Å². The van der Waals surface area contributed by atoms with E-state index >= 15 is 0 Å². The Morgan fingerprint density at radius 2 is 1.72 bits per heavy atom. The van der Waals surface area contributed by atoms with Gasteiger partial charge in [-0.3, -0.25) is 9.59 Å². The molecule has 0 spiro atoms. The Hall–Kier alpha value is -1.10. The van der Waals surface area contributed by atoms with Crippen LogP contribution >= 0.6 is 0 Å². The molecule has 0 saturated carbocycles. The van der Waals surface area contributed by atoms with Gasteiger partial charge in [0.15, 0.2) is 0 Å². The first-order chi connectivity index (χ1) is 8.23. The molecular formula is C13H26N2O3. The van der Waals surface area contributed by atoms with E-state index in [1.807, 2.05) is 20.8 Å². The fourth-order valence-electron chi connectivity index (χ4n) is 1.80. The highest BCUT2D eigenvalue weighted by Gasteiger charge is 2.23. The van der Waals surface area contributed by atoms with Crippen molar-refractivity contribution >= 4 is 11.8 Å². The molecule has 3 atom stereocenters. The van der Waals surface area contributed by atoms with E-state index in [2.05, 4.69) is 10.6 Å². The monoisotopic (exact) mass is 258 g/mol. The van der Waals surface area contributed by atoms with Crippen LogP contribution in [0.5, 0.6) is 0 Å². The Morgan fingerprint density at radius 1 is 1.17 bits per heavy atom. The summed E-state index contributed by atoms with van der Waals surface area (Å²) in [6.45, 7) is 9.38. The molecule has 18 heavy (non-hydrogen) atoms. The predicted molar refractivity (Wildman–Crippen MR) is 70.9 cm³/mol. The maximum absolute atomic E-state index is 11.9. The summed E-state index contributed by atoms with van der Waals surface area (Å²) in [4.78, 5) is 22.9. The van der Waals surface area contributed by atoms with Crippen LogP contribution in [0.25, 0.3) is 0 Å². The third kappa shape index (κ3) is 7.27. The van der Waals surface area contributed by atoms with E-state index < -0.39 is 6.04 Å². The maximum atomic E-state index is 11.9. The minimum absolute atomic E-state index is 0.0426. The normalized spacial score (nSPS) is 15.9. The highest BCUT2D eigenvalue weighted by molar-refractivity contribution is 5.86. The topological polar surface area (TPSA) is 78.4 Å². The van der Waals surface area contributed by atoms with Crippen molar-refractivity contribution in [1.29, 1.82) is 0 Å². The van der Waals surface area contributed by atoms with Crippen LogP contribution in [0.1, 0.15) is 41.0 Å². The summed E-state index contributed by atoms with van der Waals surface area (Å²) in [5.74, 6) is -0.126. The van der Waals surface area contributed by atoms with E-state index in [9.17, 15) is 14.7 Å². The summed E-state index contributed by atoms with van der Waals surface area (Å²) >= 11 is 0. The number of aliphatic hydroxyl groups is 1. The van der Waals surface area contributed by atoms with Gasteiger partial charge >= 0.3 is 0 Å². The van der Waals surface area contributed by atoms with Crippen LogP contribution in [0.4, 0.5) is 0 Å². The van der Waals surface area contributed by atoms with Crippen molar-refractivity contribution in [2.24, 2.45) is 11.8 Å². The minimum atomic E-state index is -0.499. The molecule has 0 aromatic rings. The molecule has 2 amide bonds. The zero-order valence-corrected chi connectivity index (χ0v) is 12.0. The predicted octanol–water partition coefficient (Wildman–Crippen LogP) is 0.670. The average Bonchev–Trinajstić information content (AvgIpc) is 2.21. The van der Waals surface area contributed by atoms with Crippen LogP contribution in [0.15, 0.2) is 0 Å². The van der Waals surface area contributed by atoms with Gasteiger partial charge in [0.1, 0.15) is 6.04 Å². The fourth-order valence-corrected chi connectivity index (χ4v) is 1.80. The standard InChI is InChI=1S/C13H26N2O3/c1-8(2)12(15-11(5)17)13(18)14-7-9(3)6-10(4)16/h8-10,12,16H,6-7H2,1-5H3,(H,14,18)(H,15,17). The Labute approximate surface area is 109 Å². The number of aliphatic hydroxyl groups excluding tert-OH is 1. The molecule has 0 radical (unpaired) electrons. The summed E-state index contributed by atoms with van der Waals surface area (Å²) in [5, 5.41) is 14.7. The first kappa shape index (κ1) is 16.9. The van der Waals surface area contributed by atoms with Crippen molar-refractivity contribution in [2.75, 3.05) is 6.54 Å². The Kier molecular flexibility index (Phi) is 7.59. The second kappa shape index (κ2) is 8.08. The molecular weight excluding hydrogens is 232 g/mol. The van der Waals surface area contributed by atoms with Gasteiger partial charge in [-0.2, -0.15) is 0 Å². The summed E-state index contributed by atoms with van der Waals surface area (Å²) < 4.78 is 0. The highest BCUT2D eigenvalue weighted by atomic mass is 16.3. The molecule has 3 unspecified atom stereocenters. The minimum Gasteiger partial charge on any atom is -0.393 e. The van der Waals surface area contributed by atoms with Gasteiger partial charge in [0.25, 0.3) is 0 Å². The Morgan fingerprint density at radius 3 is 2.11 bits per heavy atom. The molecule has 0 bridgehead atoms. The van der Waals surface area contributed by atoms with Crippen LogP contribution in [-0.4, -0.2) is 35.6 Å². The van der Waals surface area contributed by atoms with Crippen LogP contribution in [-0.2, 0) is 9.59 Å². The lowest BCUT2D eigenvalue weighted by molar-refractivity contribution is -0.129. The zero-order chi connectivity index (χ0) is 14.3. The Bertz CT molecular complexity index is 277. The summed E-state index contributed by atoms with van der Waals surface area (Å²) in [7, 11) is 0. The Balaban J connectivity index is 4.22. The quantitative estimate of drug-likeness (QED) is 0.628. The molecule has 0 saturated heterocycles. The van der Waals surface area contributed by atoms with Gasteiger partial charge in [-0.05, 0) is 25.2 Å². The number of amides is 2. The van der Waals surface area contributed by atoms with E-state index in [0.717, 1.165) is 0 Å². The molecule has 0 fully saturated rings. The zero-order valence-electron chi connectivity index (χ0n) is 12.0. The lowest BCUT2D eigenvalue weighted by atomic mass is 10.0. The smallest absolute Gasteiger partial charge is 0.242 e. The molecule has 0 rings (SSSR count). The van der Waals surface area contributed by atoms with Crippen molar-refractivity contribution in [1.82, 2.24) is 10.6 Å². The number of hydrogen-bond donors (Lipinski definition) is 3. The first-order valence-electron chi connectivity index (χ1n) is 6.46. The van der Waals surface area contributed by atoms with E-state index in [4.69, 9.17) is 0 Å². The molecule has 5 nitrogen and oxygen atoms in total. The van der Waals surface area contributed by atoms with Crippen LogP contribution in [0, 0.1) is 11.8 Å². The number of hydrogen-bond acceptors (Lipinski definition) is 3. The number of carbonyl (C=O) groups excluding carboxylic acids is 2. The number of rotatable bonds is 7. The number of nitrogens with one attached hydrogen (secondary N) is 2. The van der Waals surface area contributed by atoms with Crippen LogP contribution in [0.2, 0.25) is 0 Å². The molecule has 0 aliphatic heterocycles. The summed E-state index contributed by atoms with van der Waals surface area (Å²) in [5.41, 5.74) is 0. The highest BCUT2D eigenvalue weighted by Crippen LogP contribution is 2.06. The van der Waals surface area contributed by atoms with E-state index in [1.54, 1.807) is 6.92 Å². The van der Waals surface area contributed by atoms with E-state index in [1.165, 1.54) is 6.92 Å². The molecule has 5 heteroatoms. The van der Waals surface area contributed by atoms with Gasteiger partial charge in [-0.1, -0.05) is 20.8 Å². The molecule has 106 valence electrons. The lowest BCUT2D eigenvalue weighted by Gasteiger charge is -2.22. The van der Waals surface area contributed by atoms with Crippen molar-refractivity contribution in [3.8, 4) is 0 Å². The third-order valence-electron chi connectivity index (χ3n) is 2.68. The SMILES string of the molecule is CC(=O)NC(C(=O)NCC(C)CC(C)O)C(C)C. The molecule has 0 aliphatic carbocycles. The largest absolute Gasteiger partial charge is 0.393 e. The van der Waals surface area contributed by atoms with Gasteiger partial charge in [-0.15, -0.1) is 0 Å². The fraction of sp³-hybridized carbons (Fsp3) is 0.846. The molecule has 0 aromatic carbocycles. The molecule has 0 aromatic heterocycles. The van der Waals surface area contributed by atoms with Gasteiger partial charge in [0.05, 0.1) is 6.10 Å². The lowest BCUT2D eigenvalue weighted by Crippen LogP contribution is -2.49. The van der Waals surface area contributed by atoms with Crippen molar-refractivity contribution in [3.05, 3.63) is 0 Å². The molecule has 0 heterocycles. The first-order valence-corrected chi connectivity index (χ1v) is 6.46. The van der Waals surface area contributed by atoms with Crippen molar-refractivity contribution < 1.29 is 14.7 Å². The molecule has 0 aliphatic rings. The van der Waals surface area contributed by atoms with Crippen LogP contribution in [0.3, 0.4) is 0 Å². The summed E-state index contributed by atoms with van der Waals surface area (Å²) in [6, 6.07) is -0.499. The average molecular weight is 258 g/mol. The summed E-state index contributed by atoms with van der Waals surface area (Å²) in [6.07, 6.45) is 0.278. The maximum Gasteiger partial charge on any atom is 0.242 e. The third-order valence-corrected chi connectivity index (χ3v) is 2.68. The second-order valence-corrected chi connectivity index (χ2v) is 5.36. The second-order valence-electron chi connectivity index (χ2n) is 5.36. The van der Waals surface area contributed by atoms with E-state index in [-0.39, 0.29) is 29.8 Å². The van der Waals surface area contributed by atoms with Gasteiger partial charge in [-0.25, -0.2) is 0 Å². The van der Waals surface area contributed by atoms with Gasteiger partial charge in [0.2, 0.25) is 11.8 Å². The number of carbonyl (C=O) groups is 2. The van der Waals surface area contributed by atoms with Gasteiger partial charge in [0, 0.05) is 13.5 Å². The van der Waals surface area contributed by atoms with Crippen molar-refractivity contribution in [3.63, 3.8) is 0 Å². The van der Waals surface area contributed by atoms with Gasteiger partial charge < -0.3 is 15.7 Å². The van der Waals surface area contributed by atoms with E-state index in [0.29, 0.717) is 13.0 Å². The molecule has 3 N–H and O–H groups in total. The van der Waals surface area contributed by atoms with Crippen LogP contribution < -0.4 is 10.6 Å².